The topological polar surface area (TPSA) is 24.1 Å². The molecule has 1 saturated heterocycles. The second-order valence-electron chi connectivity index (χ2n) is 9.66. The average molecular weight is 425 g/mol. The van der Waals surface area contributed by atoms with E-state index in [1.165, 1.54) is 24.8 Å². The summed E-state index contributed by atoms with van der Waals surface area (Å²) in [5.41, 5.74) is 4.56. The van der Waals surface area contributed by atoms with Gasteiger partial charge in [0, 0.05) is 18.9 Å². The van der Waals surface area contributed by atoms with Gasteiger partial charge in [-0.15, -0.1) is 0 Å². The quantitative estimate of drug-likeness (QED) is 0.374. The monoisotopic (exact) mass is 424 g/mol. The molecule has 1 aliphatic carbocycles. The van der Waals surface area contributed by atoms with Gasteiger partial charge >= 0.3 is 0 Å². The molecule has 0 radical (unpaired) electrons. The lowest BCUT2D eigenvalue weighted by atomic mass is 9.88. The van der Waals surface area contributed by atoms with E-state index < -0.39 is 5.60 Å². The van der Waals surface area contributed by atoms with Crippen molar-refractivity contribution in [2.45, 2.75) is 37.3 Å². The first kappa shape index (κ1) is 20.9. The van der Waals surface area contributed by atoms with Gasteiger partial charge in [-0.2, -0.15) is 0 Å². The van der Waals surface area contributed by atoms with Crippen LogP contribution in [0, 0.1) is 11.8 Å². The van der Waals surface area contributed by atoms with Crippen LogP contribution in [0.3, 0.4) is 0 Å². The molecule has 1 fully saturated rings. The number of hydrogen-bond donors (Lipinski definition) is 1. The molecule has 3 aromatic rings. The number of hydrogen-bond acceptors (Lipinski definition) is 1. The van der Waals surface area contributed by atoms with Crippen LogP contribution in [0.15, 0.2) is 73.1 Å². The summed E-state index contributed by atoms with van der Waals surface area (Å²) in [4.78, 5) is 0. The second kappa shape index (κ2) is 8.20. The first-order valence-corrected chi connectivity index (χ1v) is 11.7. The van der Waals surface area contributed by atoms with Crippen LogP contribution in [0.2, 0.25) is 0 Å². The molecule has 2 atom stereocenters. The Morgan fingerprint density at radius 2 is 1.66 bits per heavy atom. The highest BCUT2D eigenvalue weighted by Crippen LogP contribution is 2.48. The van der Waals surface area contributed by atoms with Crippen molar-refractivity contribution in [3.63, 3.8) is 0 Å². The molecule has 0 spiro atoms. The van der Waals surface area contributed by atoms with E-state index >= 15 is 0 Å². The third-order valence-electron chi connectivity index (χ3n) is 7.44. The van der Waals surface area contributed by atoms with Gasteiger partial charge in [-0.05, 0) is 47.1 Å². The number of aryl methyl sites for hydroxylation is 1. The van der Waals surface area contributed by atoms with E-state index in [9.17, 15) is 5.11 Å². The van der Waals surface area contributed by atoms with Crippen molar-refractivity contribution in [1.29, 1.82) is 0 Å². The number of quaternary nitrogens is 1. The van der Waals surface area contributed by atoms with E-state index in [-0.39, 0.29) is 0 Å². The zero-order valence-electron chi connectivity index (χ0n) is 19.1. The van der Waals surface area contributed by atoms with E-state index in [1.807, 2.05) is 36.4 Å². The third-order valence-corrected chi connectivity index (χ3v) is 7.44. The minimum atomic E-state index is -1.03. The zero-order valence-corrected chi connectivity index (χ0v) is 19.1. The van der Waals surface area contributed by atoms with Crippen molar-refractivity contribution < 1.29 is 14.2 Å². The van der Waals surface area contributed by atoms with E-state index in [0.29, 0.717) is 12.5 Å². The molecular weight excluding hydrogens is 392 g/mol. The van der Waals surface area contributed by atoms with Gasteiger partial charge in [-0.25, -0.2) is 4.57 Å². The molecule has 5 rings (SSSR count). The maximum absolute atomic E-state index is 11.7. The lowest BCUT2D eigenvalue weighted by molar-refractivity contribution is -0.938. The number of nitrogens with zero attached hydrogens (tertiary/aromatic N) is 2. The number of aromatic nitrogens is 1. The molecule has 3 nitrogen and oxygen atoms in total. The predicted molar refractivity (Wildman–Crippen MR) is 127 cm³/mol. The molecule has 1 aliphatic heterocycles. The summed E-state index contributed by atoms with van der Waals surface area (Å²) in [5.74, 6) is 6.86. The maximum atomic E-state index is 11.7. The minimum absolute atomic E-state index is 0.423. The first-order valence-electron chi connectivity index (χ1n) is 11.7. The maximum Gasteiger partial charge on any atom is 0.177 e. The molecule has 3 heteroatoms. The van der Waals surface area contributed by atoms with Gasteiger partial charge in [0.2, 0.25) is 0 Å². The van der Waals surface area contributed by atoms with E-state index in [1.54, 1.807) is 0 Å². The molecule has 1 aromatic heterocycles. The highest BCUT2D eigenvalue weighted by molar-refractivity contribution is 5.80. The SMILES string of the molecule is C[n+]1cccc([C@@H]2CCCC[N@@+]2(C)CC#CCC2(O)c3ccccc3-c3ccccc32)c1. The summed E-state index contributed by atoms with van der Waals surface area (Å²) in [6.45, 7) is 1.95. The van der Waals surface area contributed by atoms with Crippen LogP contribution >= 0.6 is 0 Å². The van der Waals surface area contributed by atoms with Crippen molar-refractivity contribution in [2.75, 3.05) is 20.1 Å². The summed E-state index contributed by atoms with van der Waals surface area (Å²) in [5, 5.41) is 11.7. The van der Waals surface area contributed by atoms with Gasteiger partial charge in [0.1, 0.15) is 25.2 Å². The van der Waals surface area contributed by atoms with Crippen molar-refractivity contribution >= 4 is 0 Å². The fraction of sp³-hybridized carbons (Fsp3) is 0.345. The summed E-state index contributed by atoms with van der Waals surface area (Å²) in [6.07, 6.45) is 8.50. The first-order chi connectivity index (χ1) is 15.5. The van der Waals surface area contributed by atoms with Gasteiger partial charge in [0.15, 0.2) is 12.4 Å². The summed E-state index contributed by atoms with van der Waals surface area (Å²) >= 11 is 0. The third kappa shape index (κ3) is 3.54. The standard InChI is InChI=1S/C29H32N2O/c1-30-19-11-12-23(22-30)28-17-7-9-20-31(28,2)21-10-8-18-29(32)26-15-5-3-13-24(26)25-14-4-6-16-27(25)29/h3-6,11-16,19,22,28,32H,7,9,17-18,20-21H2,1-2H3/q+2/t28-,31-/m0/s1. The van der Waals surface area contributed by atoms with Gasteiger partial charge in [0.25, 0.3) is 0 Å². The van der Waals surface area contributed by atoms with Crippen LogP contribution in [0.25, 0.3) is 11.1 Å². The molecular formula is C29H32N2O+2. The van der Waals surface area contributed by atoms with Crippen LogP contribution in [0.4, 0.5) is 0 Å². The molecule has 2 aromatic carbocycles. The average Bonchev–Trinajstić information content (AvgIpc) is 3.06. The molecule has 2 aliphatic rings. The van der Waals surface area contributed by atoms with Crippen molar-refractivity contribution in [3.05, 3.63) is 89.7 Å². The number of rotatable bonds is 3. The van der Waals surface area contributed by atoms with Crippen molar-refractivity contribution in [3.8, 4) is 23.0 Å². The molecule has 32 heavy (non-hydrogen) atoms. The Kier molecular flexibility index (Phi) is 5.37. The number of fused-ring (bicyclic) bond motifs is 3. The molecule has 0 bridgehead atoms. The van der Waals surface area contributed by atoms with Crippen molar-refractivity contribution in [2.24, 2.45) is 7.05 Å². The Morgan fingerprint density at radius 3 is 2.34 bits per heavy atom. The Hall–Kier alpha value is -2.93. The van der Waals surface area contributed by atoms with Gasteiger partial charge in [-0.3, -0.25) is 0 Å². The Morgan fingerprint density at radius 1 is 0.969 bits per heavy atom. The minimum Gasteiger partial charge on any atom is -0.379 e. The predicted octanol–water partition coefficient (Wildman–Crippen LogP) is 4.49. The van der Waals surface area contributed by atoms with Crippen LogP contribution in [-0.4, -0.2) is 29.7 Å². The number of piperidine rings is 1. The smallest absolute Gasteiger partial charge is 0.177 e. The highest BCUT2D eigenvalue weighted by Gasteiger charge is 2.41. The number of benzene rings is 2. The molecule has 162 valence electrons. The molecule has 1 N–H and O–H groups in total. The molecule has 0 unspecified atom stereocenters. The van der Waals surface area contributed by atoms with Crippen molar-refractivity contribution in [1.82, 2.24) is 0 Å². The fourth-order valence-corrected chi connectivity index (χ4v) is 5.72. The Bertz CT molecular complexity index is 1160. The van der Waals surface area contributed by atoms with Gasteiger partial charge in [-0.1, -0.05) is 54.5 Å². The lowest BCUT2D eigenvalue weighted by Gasteiger charge is -2.43. The van der Waals surface area contributed by atoms with Crippen LogP contribution < -0.4 is 4.57 Å². The fourth-order valence-electron chi connectivity index (χ4n) is 5.72. The van der Waals surface area contributed by atoms with E-state index in [0.717, 1.165) is 39.8 Å². The molecule has 2 heterocycles. The molecule has 0 saturated carbocycles. The Balaban J connectivity index is 1.40. The summed E-state index contributed by atoms with van der Waals surface area (Å²) in [7, 11) is 4.44. The Labute approximate surface area is 191 Å². The van der Waals surface area contributed by atoms with Crippen LogP contribution in [0.1, 0.15) is 48.4 Å². The number of pyridine rings is 1. The van der Waals surface area contributed by atoms with Crippen LogP contribution in [0.5, 0.6) is 0 Å². The van der Waals surface area contributed by atoms with Crippen LogP contribution in [-0.2, 0) is 12.6 Å². The largest absolute Gasteiger partial charge is 0.379 e. The highest BCUT2D eigenvalue weighted by atomic mass is 16.3. The molecule has 0 amide bonds. The van der Waals surface area contributed by atoms with E-state index in [2.05, 4.69) is 67.2 Å². The number of likely N-dealkylation sites (tertiary alicyclic amines) is 1. The lowest BCUT2D eigenvalue weighted by Crippen LogP contribution is -2.50. The summed E-state index contributed by atoms with van der Waals surface area (Å²) in [6, 6.07) is 21.3. The van der Waals surface area contributed by atoms with E-state index in [4.69, 9.17) is 0 Å². The zero-order chi connectivity index (χ0) is 22.2. The second-order valence-corrected chi connectivity index (χ2v) is 9.66. The van der Waals surface area contributed by atoms with Gasteiger partial charge < -0.3 is 9.59 Å². The normalized spacial score (nSPS) is 23.0. The number of aliphatic hydroxyl groups is 1. The van der Waals surface area contributed by atoms with Gasteiger partial charge in [0.05, 0.1) is 19.2 Å². The summed E-state index contributed by atoms with van der Waals surface area (Å²) < 4.78 is 3.09.